The highest BCUT2D eigenvalue weighted by molar-refractivity contribution is 7.15. The number of thiazole rings is 1. The fraction of sp³-hybridized carbons (Fsp3) is 0.462. The van der Waals surface area contributed by atoms with E-state index in [-0.39, 0.29) is 0 Å². The van der Waals surface area contributed by atoms with Crippen LogP contribution in [0.5, 0.6) is 0 Å². The molecule has 0 spiro atoms. The van der Waals surface area contributed by atoms with E-state index in [1.807, 2.05) is 6.07 Å². The Bertz CT molecular complexity index is 460. The third-order valence-corrected chi connectivity index (χ3v) is 3.71. The smallest absolute Gasteiger partial charge is 0.127 e. The molecule has 0 fully saturated rings. The second kappa shape index (κ2) is 5.47. The topological polar surface area (TPSA) is 38.1 Å². The van der Waals surface area contributed by atoms with E-state index in [4.69, 9.17) is 4.42 Å². The van der Waals surface area contributed by atoms with Crippen molar-refractivity contribution in [3.8, 4) is 10.6 Å². The largest absolute Gasteiger partial charge is 0.472 e. The van der Waals surface area contributed by atoms with Crippen molar-refractivity contribution in [2.24, 2.45) is 5.92 Å². The fourth-order valence-corrected chi connectivity index (χ4v) is 2.59. The Balaban J connectivity index is 2.04. The van der Waals surface area contributed by atoms with Gasteiger partial charge in [0.1, 0.15) is 11.3 Å². The summed E-state index contributed by atoms with van der Waals surface area (Å²) >= 11 is 1.74. The zero-order valence-corrected chi connectivity index (χ0v) is 11.3. The summed E-state index contributed by atoms with van der Waals surface area (Å²) in [5.41, 5.74) is 2.18. The van der Waals surface area contributed by atoms with Crippen molar-refractivity contribution in [2.75, 3.05) is 6.54 Å². The van der Waals surface area contributed by atoms with Gasteiger partial charge in [0.05, 0.1) is 12.0 Å². The zero-order valence-electron chi connectivity index (χ0n) is 10.5. The lowest BCUT2D eigenvalue weighted by Gasteiger charge is -2.05. The van der Waals surface area contributed by atoms with Gasteiger partial charge in [0.15, 0.2) is 0 Å². The van der Waals surface area contributed by atoms with Gasteiger partial charge in [0.25, 0.3) is 0 Å². The normalized spacial score (nSPS) is 11.3. The van der Waals surface area contributed by atoms with Gasteiger partial charge in [-0.2, -0.15) is 0 Å². The fourth-order valence-electron chi connectivity index (χ4n) is 1.58. The minimum atomic E-state index is 0.677. The average molecular weight is 250 g/mol. The van der Waals surface area contributed by atoms with Crippen molar-refractivity contribution in [3.63, 3.8) is 0 Å². The Kier molecular flexibility index (Phi) is 3.97. The lowest BCUT2D eigenvalue weighted by Crippen LogP contribution is -2.18. The first-order valence-electron chi connectivity index (χ1n) is 5.86. The van der Waals surface area contributed by atoms with Crippen LogP contribution in [0.4, 0.5) is 0 Å². The summed E-state index contributed by atoms with van der Waals surface area (Å²) in [6.07, 6.45) is 3.42. The predicted molar refractivity (Wildman–Crippen MR) is 71.1 cm³/mol. The summed E-state index contributed by atoms with van der Waals surface area (Å²) in [4.78, 5) is 5.88. The maximum atomic E-state index is 5.08. The SMILES string of the molecule is Cc1nc(-c2ccoc2)sc1CNCC(C)C. The Morgan fingerprint density at radius 1 is 1.47 bits per heavy atom. The van der Waals surface area contributed by atoms with Crippen LogP contribution >= 0.6 is 11.3 Å². The van der Waals surface area contributed by atoms with Crippen LogP contribution in [-0.2, 0) is 6.54 Å². The van der Waals surface area contributed by atoms with Gasteiger partial charge < -0.3 is 9.73 Å². The molecule has 0 aliphatic carbocycles. The van der Waals surface area contributed by atoms with E-state index in [1.54, 1.807) is 23.9 Å². The van der Waals surface area contributed by atoms with Gasteiger partial charge in [-0.1, -0.05) is 13.8 Å². The van der Waals surface area contributed by atoms with Crippen molar-refractivity contribution in [1.82, 2.24) is 10.3 Å². The molecule has 2 rings (SSSR count). The van der Waals surface area contributed by atoms with Crippen LogP contribution in [-0.4, -0.2) is 11.5 Å². The van der Waals surface area contributed by atoms with Crippen LogP contribution in [0.2, 0.25) is 0 Å². The van der Waals surface area contributed by atoms with Crippen molar-refractivity contribution >= 4 is 11.3 Å². The summed E-state index contributed by atoms with van der Waals surface area (Å²) < 4.78 is 5.08. The highest BCUT2D eigenvalue weighted by atomic mass is 32.1. The molecule has 0 unspecified atom stereocenters. The van der Waals surface area contributed by atoms with Gasteiger partial charge in [-0.15, -0.1) is 11.3 Å². The van der Waals surface area contributed by atoms with Crippen molar-refractivity contribution < 1.29 is 4.42 Å². The molecule has 0 bridgehead atoms. The molecule has 0 amide bonds. The molecule has 1 N–H and O–H groups in total. The standard InChI is InChI=1S/C13H18N2OS/c1-9(2)6-14-7-12-10(3)15-13(17-12)11-4-5-16-8-11/h4-5,8-9,14H,6-7H2,1-3H3. The number of rotatable bonds is 5. The van der Waals surface area contributed by atoms with E-state index in [9.17, 15) is 0 Å². The van der Waals surface area contributed by atoms with E-state index in [0.29, 0.717) is 5.92 Å². The Hall–Kier alpha value is -1.13. The zero-order chi connectivity index (χ0) is 12.3. The summed E-state index contributed by atoms with van der Waals surface area (Å²) in [5, 5.41) is 4.49. The number of hydrogen-bond donors (Lipinski definition) is 1. The lowest BCUT2D eigenvalue weighted by atomic mass is 10.2. The molecule has 3 nitrogen and oxygen atoms in total. The highest BCUT2D eigenvalue weighted by Gasteiger charge is 2.09. The minimum Gasteiger partial charge on any atom is -0.472 e. The molecule has 0 saturated heterocycles. The van der Waals surface area contributed by atoms with Crippen LogP contribution in [0.1, 0.15) is 24.4 Å². The molecule has 0 aliphatic rings. The molecule has 2 heterocycles. The van der Waals surface area contributed by atoms with Gasteiger partial charge in [-0.25, -0.2) is 4.98 Å². The lowest BCUT2D eigenvalue weighted by molar-refractivity contribution is 0.554. The Labute approximate surface area is 106 Å². The number of aromatic nitrogens is 1. The average Bonchev–Trinajstić information content (AvgIpc) is 2.87. The number of nitrogens with zero attached hydrogens (tertiary/aromatic N) is 1. The van der Waals surface area contributed by atoms with Crippen LogP contribution in [0.3, 0.4) is 0 Å². The van der Waals surface area contributed by atoms with E-state index < -0.39 is 0 Å². The van der Waals surface area contributed by atoms with Gasteiger partial charge in [0, 0.05) is 17.0 Å². The van der Waals surface area contributed by atoms with E-state index >= 15 is 0 Å². The van der Waals surface area contributed by atoms with Gasteiger partial charge in [-0.05, 0) is 25.5 Å². The number of furan rings is 1. The molecule has 2 aromatic rings. The molecule has 0 aromatic carbocycles. The molecule has 0 atom stereocenters. The van der Waals surface area contributed by atoms with Crippen LogP contribution in [0.15, 0.2) is 23.0 Å². The second-order valence-electron chi connectivity index (χ2n) is 4.56. The molecule has 2 aromatic heterocycles. The van der Waals surface area contributed by atoms with Gasteiger partial charge in [0.2, 0.25) is 0 Å². The first-order chi connectivity index (χ1) is 8.16. The summed E-state index contributed by atoms with van der Waals surface area (Å²) in [5.74, 6) is 0.677. The predicted octanol–water partition coefficient (Wildman–Crippen LogP) is 3.46. The van der Waals surface area contributed by atoms with Gasteiger partial charge in [-0.3, -0.25) is 0 Å². The monoisotopic (exact) mass is 250 g/mol. The molecular weight excluding hydrogens is 232 g/mol. The number of nitrogens with one attached hydrogen (secondary N) is 1. The third kappa shape index (κ3) is 3.17. The van der Waals surface area contributed by atoms with Crippen molar-refractivity contribution in [3.05, 3.63) is 29.2 Å². The molecular formula is C13H18N2OS. The van der Waals surface area contributed by atoms with Crippen LogP contribution < -0.4 is 5.32 Å². The first-order valence-corrected chi connectivity index (χ1v) is 6.68. The molecule has 92 valence electrons. The Morgan fingerprint density at radius 3 is 2.94 bits per heavy atom. The quantitative estimate of drug-likeness (QED) is 0.883. The Morgan fingerprint density at radius 2 is 2.29 bits per heavy atom. The summed E-state index contributed by atoms with van der Waals surface area (Å²) in [6, 6.07) is 1.95. The molecule has 4 heteroatoms. The highest BCUT2D eigenvalue weighted by Crippen LogP contribution is 2.27. The molecule has 0 radical (unpaired) electrons. The maximum absolute atomic E-state index is 5.08. The van der Waals surface area contributed by atoms with Crippen molar-refractivity contribution in [1.29, 1.82) is 0 Å². The van der Waals surface area contributed by atoms with Crippen LogP contribution in [0, 0.1) is 12.8 Å². The summed E-state index contributed by atoms with van der Waals surface area (Å²) in [6.45, 7) is 8.43. The third-order valence-electron chi connectivity index (χ3n) is 2.50. The van der Waals surface area contributed by atoms with Gasteiger partial charge >= 0.3 is 0 Å². The minimum absolute atomic E-state index is 0.677. The first kappa shape index (κ1) is 12.3. The van der Waals surface area contributed by atoms with E-state index in [2.05, 4.69) is 31.1 Å². The molecule has 0 saturated carbocycles. The van der Waals surface area contributed by atoms with Crippen LogP contribution in [0.25, 0.3) is 10.6 Å². The molecule has 17 heavy (non-hydrogen) atoms. The van der Waals surface area contributed by atoms with Crippen molar-refractivity contribution in [2.45, 2.75) is 27.3 Å². The van der Waals surface area contributed by atoms with E-state index in [1.165, 1.54) is 4.88 Å². The summed E-state index contributed by atoms with van der Waals surface area (Å²) in [7, 11) is 0. The maximum Gasteiger partial charge on any atom is 0.127 e. The molecule has 0 aliphatic heterocycles. The van der Waals surface area contributed by atoms with E-state index in [0.717, 1.165) is 29.4 Å². The second-order valence-corrected chi connectivity index (χ2v) is 5.65. The number of aryl methyl sites for hydroxylation is 1. The number of hydrogen-bond acceptors (Lipinski definition) is 4.